The highest BCUT2D eigenvalue weighted by Crippen LogP contribution is 2.22. The fourth-order valence-corrected chi connectivity index (χ4v) is 3.97. The van der Waals surface area contributed by atoms with Gasteiger partial charge < -0.3 is 9.88 Å². The molecule has 0 saturated carbocycles. The van der Waals surface area contributed by atoms with E-state index in [1.165, 1.54) is 5.56 Å². The van der Waals surface area contributed by atoms with Crippen LogP contribution in [0.2, 0.25) is 0 Å². The van der Waals surface area contributed by atoms with Crippen molar-refractivity contribution in [1.82, 2.24) is 4.57 Å². The van der Waals surface area contributed by atoms with Gasteiger partial charge in [-0.25, -0.2) is 0 Å². The molecular formula is C26H30N2O2. The Hall–Kier alpha value is -3.14. The van der Waals surface area contributed by atoms with Crippen molar-refractivity contribution >= 4 is 11.6 Å². The molecule has 156 valence electrons. The molecule has 0 spiro atoms. The van der Waals surface area contributed by atoms with Crippen LogP contribution < -0.4 is 10.7 Å². The van der Waals surface area contributed by atoms with Crippen LogP contribution in [0.4, 0.5) is 5.69 Å². The molecule has 0 aliphatic heterocycles. The average molecular weight is 403 g/mol. The van der Waals surface area contributed by atoms with E-state index in [9.17, 15) is 9.59 Å². The maximum absolute atomic E-state index is 13.2. The summed E-state index contributed by atoms with van der Waals surface area (Å²) < 4.78 is 2.11. The second kappa shape index (κ2) is 9.57. The van der Waals surface area contributed by atoms with E-state index in [2.05, 4.69) is 28.9 Å². The lowest BCUT2D eigenvalue weighted by Crippen LogP contribution is -2.28. The van der Waals surface area contributed by atoms with E-state index in [1.807, 2.05) is 57.2 Å². The molecule has 0 radical (unpaired) electrons. The first-order valence-electron chi connectivity index (χ1n) is 10.6. The number of aromatic nitrogens is 1. The van der Waals surface area contributed by atoms with Crippen molar-refractivity contribution in [3.63, 3.8) is 0 Å². The summed E-state index contributed by atoms with van der Waals surface area (Å²) in [4.78, 5) is 26.0. The van der Waals surface area contributed by atoms with Crippen molar-refractivity contribution in [2.75, 3.05) is 5.32 Å². The van der Waals surface area contributed by atoms with Gasteiger partial charge in [0.1, 0.15) is 5.56 Å². The summed E-state index contributed by atoms with van der Waals surface area (Å²) in [6.45, 7) is 8.67. The molecule has 2 aromatic carbocycles. The van der Waals surface area contributed by atoms with E-state index in [4.69, 9.17) is 0 Å². The maximum atomic E-state index is 13.2. The van der Waals surface area contributed by atoms with Gasteiger partial charge in [-0.05, 0) is 49.8 Å². The Morgan fingerprint density at radius 1 is 0.967 bits per heavy atom. The Balaban J connectivity index is 1.97. The molecule has 0 saturated heterocycles. The number of carbonyl (C=O) groups is 1. The number of nitrogens with zero attached hydrogens (tertiary/aromatic N) is 1. The Kier molecular flexibility index (Phi) is 6.88. The lowest BCUT2D eigenvalue weighted by molar-refractivity contribution is 0.102. The van der Waals surface area contributed by atoms with E-state index in [-0.39, 0.29) is 16.9 Å². The Morgan fingerprint density at radius 3 is 2.37 bits per heavy atom. The highest BCUT2D eigenvalue weighted by molar-refractivity contribution is 6.05. The number of pyridine rings is 1. The zero-order valence-electron chi connectivity index (χ0n) is 18.3. The maximum Gasteiger partial charge on any atom is 0.261 e. The molecule has 4 nitrogen and oxygen atoms in total. The van der Waals surface area contributed by atoms with Crippen molar-refractivity contribution in [3.05, 3.63) is 98.5 Å². The standard InChI is InChI=1S/C26H30N2O2/c1-5-21-14-10-11-18(3)25(21)27-26(30)24-19(4)28(22(6-2)17-23(24)29)16-15-20-12-8-7-9-13-20/h7-14,17H,5-6,15-16H2,1-4H3,(H,27,30). The van der Waals surface area contributed by atoms with Crippen molar-refractivity contribution < 1.29 is 4.79 Å². The molecule has 1 amide bonds. The Labute approximate surface area is 178 Å². The summed E-state index contributed by atoms with van der Waals surface area (Å²) in [5, 5.41) is 3.01. The number of aryl methyl sites for hydroxylation is 4. The number of benzene rings is 2. The topological polar surface area (TPSA) is 51.1 Å². The van der Waals surface area contributed by atoms with Crippen LogP contribution in [0, 0.1) is 13.8 Å². The smallest absolute Gasteiger partial charge is 0.261 e. The van der Waals surface area contributed by atoms with E-state index in [0.717, 1.165) is 54.0 Å². The molecule has 1 N–H and O–H groups in total. The molecule has 1 heterocycles. The van der Waals surface area contributed by atoms with Crippen molar-refractivity contribution in [2.45, 2.75) is 53.5 Å². The molecule has 0 bridgehead atoms. The van der Waals surface area contributed by atoms with Crippen LogP contribution in [0.3, 0.4) is 0 Å². The molecule has 3 aromatic rings. The Bertz CT molecular complexity index is 1100. The summed E-state index contributed by atoms with van der Waals surface area (Å²) >= 11 is 0. The van der Waals surface area contributed by atoms with Crippen LogP contribution in [0.5, 0.6) is 0 Å². The van der Waals surface area contributed by atoms with Crippen LogP contribution in [-0.4, -0.2) is 10.5 Å². The fourth-order valence-electron chi connectivity index (χ4n) is 3.97. The number of anilines is 1. The normalized spacial score (nSPS) is 10.8. The summed E-state index contributed by atoms with van der Waals surface area (Å²) in [5.74, 6) is -0.336. The van der Waals surface area contributed by atoms with Crippen molar-refractivity contribution in [3.8, 4) is 0 Å². The Morgan fingerprint density at radius 2 is 1.70 bits per heavy atom. The summed E-state index contributed by atoms with van der Waals surface area (Å²) in [7, 11) is 0. The van der Waals surface area contributed by atoms with Gasteiger partial charge in [0.2, 0.25) is 0 Å². The second-order valence-electron chi connectivity index (χ2n) is 7.62. The van der Waals surface area contributed by atoms with Crippen LogP contribution in [-0.2, 0) is 25.8 Å². The molecular weight excluding hydrogens is 372 g/mol. The predicted octanol–water partition coefficient (Wildman–Crippen LogP) is 5.08. The quantitative estimate of drug-likeness (QED) is 0.599. The van der Waals surface area contributed by atoms with Gasteiger partial charge in [0.25, 0.3) is 5.91 Å². The van der Waals surface area contributed by atoms with Gasteiger partial charge in [-0.3, -0.25) is 9.59 Å². The molecule has 0 fully saturated rings. The first kappa shape index (κ1) is 21.6. The van der Waals surface area contributed by atoms with Gasteiger partial charge in [0.15, 0.2) is 5.43 Å². The third kappa shape index (κ3) is 4.54. The molecule has 0 aliphatic carbocycles. The van der Waals surface area contributed by atoms with Crippen molar-refractivity contribution in [1.29, 1.82) is 0 Å². The number of hydrogen-bond donors (Lipinski definition) is 1. The molecule has 0 unspecified atom stereocenters. The van der Waals surface area contributed by atoms with Crippen molar-refractivity contribution in [2.24, 2.45) is 0 Å². The molecule has 30 heavy (non-hydrogen) atoms. The fraction of sp³-hybridized carbons (Fsp3) is 0.308. The summed E-state index contributed by atoms with van der Waals surface area (Å²) in [6, 6.07) is 17.8. The second-order valence-corrected chi connectivity index (χ2v) is 7.62. The number of para-hydroxylation sites is 1. The predicted molar refractivity (Wildman–Crippen MR) is 123 cm³/mol. The highest BCUT2D eigenvalue weighted by atomic mass is 16.2. The zero-order chi connectivity index (χ0) is 21.7. The highest BCUT2D eigenvalue weighted by Gasteiger charge is 2.19. The average Bonchev–Trinajstić information content (AvgIpc) is 2.74. The molecule has 0 aliphatic rings. The first-order chi connectivity index (χ1) is 14.5. The van der Waals surface area contributed by atoms with Crippen LogP contribution in [0.25, 0.3) is 0 Å². The lowest BCUT2D eigenvalue weighted by atomic mass is 10.0. The van der Waals surface area contributed by atoms with Gasteiger partial charge in [0, 0.05) is 29.7 Å². The van der Waals surface area contributed by atoms with E-state index in [0.29, 0.717) is 0 Å². The van der Waals surface area contributed by atoms with E-state index < -0.39 is 0 Å². The van der Waals surface area contributed by atoms with E-state index >= 15 is 0 Å². The van der Waals surface area contributed by atoms with Gasteiger partial charge in [-0.15, -0.1) is 0 Å². The number of amides is 1. The monoisotopic (exact) mass is 402 g/mol. The number of rotatable bonds is 7. The molecule has 1 aromatic heterocycles. The third-order valence-electron chi connectivity index (χ3n) is 5.69. The molecule has 4 heteroatoms. The summed E-state index contributed by atoms with van der Waals surface area (Å²) in [6.07, 6.45) is 2.40. The number of carbonyl (C=O) groups excluding carboxylic acids is 1. The van der Waals surface area contributed by atoms with Crippen LogP contribution >= 0.6 is 0 Å². The van der Waals surface area contributed by atoms with Gasteiger partial charge >= 0.3 is 0 Å². The van der Waals surface area contributed by atoms with Gasteiger partial charge in [-0.2, -0.15) is 0 Å². The van der Waals surface area contributed by atoms with Gasteiger partial charge in [0.05, 0.1) is 0 Å². The number of nitrogens with one attached hydrogen (secondary N) is 1. The van der Waals surface area contributed by atoms with Gasteiger partial charge in [-0.1, -0.05) is 62.4 Å². The van der Waals surface area contributed by atoms with Crippen LogP contribution in [0.15, 0.2) is 59.4 Å². The lowest BCUT2D eigenvalue weighted by Gasteiger charge is -2.20. The minimum atomic E-state index is -0.336. The third-order valence-corrected chi connectivity index (χ3v) is 5.69. The minimum Gasteiger partial charge on any atom is -0.347 e. The SMILES string of the molecule is CCc1cccc(C)c1NC(=O)c1c(C)n(CCc2ccccc2)c(CC)cc1=O. The summed E-state index contributed by atoms with van der Waals surface area (Å²) in [5.41, 5.74) is 5.78. The largest absolute Gasteiger partial charge is 0.347 e. The number of hydrogen-bond acceptors (Lipinski definition) is 2. The molecule has 3 rings (SSSR count). The molecule has 0 atom stereocenters. The first-order valence-corrected chi connectivity index (χ1v) is 10.6. The zero-order valence-corrected chi connectivity index (χ0v) is 18.3. The minimum absolute atomic E-state index is 0.218. The van der Waals surface area contributed by atoms with Crippen LogP contribution in [0.1, 0.15) is 52.3 Å². The van der Waals surface area contributed by atoms with E-state index in [1.54, 1.807) is 6.07 Å².